The highest BCUT2D eigenvalue weighted by atomic mass is 28.3. The van der Waals surface area contributed by atoms with Crippen molar-refractivity contribution in [2.45, 2.75) is 33.0 Å². The predicted molar refractivity (Wildman–Crippen MR) is 101 cm³/mol. The zero-order valence-corrected chi connectivity index (χ0v) is 15.4. The Kier molecular flexibility index (Phi) is 4.27. The molecule has 0 unspecified atom stereocenters. The summed E-state index contributed by atoms with van der Waals surface area (Å²) in [5, 5.41) is 1.47. The van der Waals surface area contributed by atoms with Gasteiger partial charge in [0.25, 0.3) is 0 Å². The molecule has 0 bridgehead atoms. The van der Waals surface area contributed by atoms with E-state index in [1.807, 2.05) is 6.07 Å². The number of benzene rings is 2. The van der Waals surface area contributed by atoms with Gasteiger partial charge < -0.3 is 4.42 Å². The third kappa shape index (κ3) is 3.32. The van der Waals surface area contributed by atoms with Crippen molar-refractivity contribution in [1.82, 2.24) is 0 Å². The van der Waals surface area contributed by atoms with Crippen LogP contribution in [0.3, 0.4) is 0 Å². The van der Waals surface area contributed by atoms with E-state index in [9.17, 15) is 0 Å². The standard InChI is InChI=1S/C21H24OSi/c1-16-20(18-13-9-6-10-14-18)22-19(21(16)23(2,3)4)15-17-11-7-5-8-12-17/h5-14H,15H2,1-4H3. The van der Waals surface area contributed by atoms with E-state index >= 15 is 0 Å². The van der Waals surface area contributed by atoms with Gasteiger partial charge in [0.2, 0.25) is 0 Å². The molecule has 23 heavy (non-hydrogen) atoms. The maximum absolute atomic E-state index is 6.40. The summed E-state index contributed by atoms with van der Waals surface area (Å²) in [6, 6.07) is 21.1. The van der Waals surface area contributed by atoms with Gasteiger partial charge in [-0.1, -0.05) is 80.3 Å². The van der Waals surface area contributed by atoms with Crippen molar-refractivity contribution in [1.29, 1.82) is 0 Å². The van der Waals surface area contributed by atoms with E-state index in [2.05, 4.69) is 81.2 Å². The first-order valence-electron chi connectivity index (χ1n) is 8.19. The molecule has 0 aliphatic heterocycles. The summed E-state index contributed by atoms with van der Waals surface area (Å²) < 4.78 is 6.40. The van der Waals surface area contributed by atoms with Crippen molar-refractivity contribution in [2.24, 2.45) is 0 Å². The van der Waals surface area contributed by atoms with Crippen LogP contribution in [0.25, 0.3) is 11.3 Å². The van der Waals surface area contributed by atoms with E-state index in [4.69, 9.17) is 4.42 Å². The number of hydrogen-bond donors (Lipinski definition) is 0. The van der Waals surface area contributed by atoms with E-state index < -0.39 is 8.07 Å². The van der Waals surface area contributed by atoms with Crippen LogP contribution in [0.1, 0.15) is 16.9 Å². The zero-order chi connectivity index (χ0) is 16.4. The van der Waals surface area contributed by atoms with Crippen LogP contribution < -0.4 is 5.19 Å². The van der Waals surface area contributed by atoms with Gasteiger partial charge in [-0.25, -0.2) is 0 Å². The second-order valence-electron chi connectivity index (χ2n) is 7.13. The lowest BCUT2D eigenvalue weighted by Gasteiger charge is -2.17. The summed E-state index contributed by atoms with van der Waals surface area (Å²) in [7, 11) is -1.48. The molecular weight excluding hydrogens is 296 g/mol. The molecule has 1 nitrogen and oxygen atoms in total. The molecule has 0 N–H and O–H groups in total. The highest BCUT2D eigenvalue weighted by Crippen LogP contribution is 2.28. The van der Waals surface area contributed by atoms with E-state index in [-0.39, 0.29) is 0 Å². The van der Waals surface area contributed by atoms with Gasteiger partial charge in [0.15, 0.2) is 0 Å². The van der Waals surface area contributed by atoms with Crippen LogP contribution in [0.5, 0.6) is 0 Å². The fourth-order valence-electron chi connectivity index (χ4n) is 3.32. The average molecular weight is 321 g/mol. The van der Waals surface area contributed by atoms with E-state index in [1.54, 1.807) is 0 Å². The van der Waals surface area contributed by atoms with E-state index in [0.29, 0.717) is 0 Å². The summed E-state index contributed by atoms with van der Waals surface area (Å²) in [6.45, 7) is 9.41. The molecule has 3 aromatic rings. The maximum Gasteiger partial charge on any atom is 0.137 e. The Labute approximate surface area is 140 Å². The lowest BCUT2D eigenvalue weighted by atomic mass is 10.1. The zero-order valence-electron chi connectivity index (χ0n) is 14.4. The molecule has 0 aliphatic carbocycles. The van der Waals surface area contributed by atoms with Crippen LogP contribution in [-0.2, 0) is 6.42 Å². The Morgan fingerprint density at radius 1 is 0.826 bits per heavy atom. The molecule has 0 amide bonds. The van der Waals surface area contributed by atoms with Crippen LogP contribution in [0, 0.1) is 6.92 Å². The van der Waals surface area contributed by atoms with Gasteiger partial charge >= 0.3 is 0 Å². The molecule has 0 atom stereocenters. The first-order valence-corrected chi connectivity index (χ1v) is 11.7. The lowest BCUT2D eigenvalue weighted by molar-refractivity contribution is 0.535. The van der Waals surface area contributed by atoms with Crippen LogP contribution >= 0.6 is 0 Å². The van der Waals surface area contributed by atoms with Gasteiger partial charge in [0.05, 0.1) is 8.07 Å². The molecule has 0 fully saturated rings. The van der Waals surface area contributed by atoms with Crippen molar-refractivity contribution in [3.63, 3.8) is 0 Å². The first kappa shape index (κ1) is 15.8. The Morgan fingerprint density at radius 2 is 1.39 bits per heavy atom. The molecule has 0 saturated heterocycles. The predicted octanol–water partition coefficient (Wildman–Crippen LogP) is 5.39. The van der Waals surface area contributed by atoms with Crippen molar-refractivity contribution in [3.05, 3.63) is 77.6 Å². The molecule has 1 aromatic heterocycles. The smallest absolute Gasteiger partial charge is 0.137 e. The molecule has 1 heterocycles. The van der Waals surface area contributed by atoms with Gasteiger partial charge in [0.1, 0.15) is 11.5 Å². The molecule has 3 rings (SSSR count). The molecule has 0 saturated carbocycles. The summed E-state index contributed by atoms with van der Waals surface area (Å²) in [5.41, 5.74) is 3.80. The van der Waals surface area contributed by atoms with E-state index in [0.717, 1.165) is 17.9 Å². The van der Waals surface area contributed by atoms with E-state index in [1.165, 1.54) is 21.9 Å². The minimum absolute atomic E-state index is 0.869. The van der Waals surface area contributed by atoms with Crippen LogP contribution in [0.4, 0.5) is 0 Å². The third-order valence-electron chi connectivity index (χ3n) is 4.21. The largest absolute Gasteiger partial charge is 0.461 e. The minimum Gasteiger partial charge on any atom is -0.461 e. The van der Waals surface area contributed by atoms with Crippen molar-refractivity contribution < 1.29 is 4.42 Å². The molecular formula is C21H24OSi. The number of hydrogen-bond acceptors (Lipinski definition) is 1. The maximum atomic E-state index is 6.40. The number of rotatable bonds is 4. The van der Waals surface area contributed by atoms with Gasteiger partial charge in [-0.05, 0) is 23.2 Å². The second kappa shape index (κ2) is 6.21. The Bertz CT molecular complexity index is 780. The Morgan fingerprint density at radius 3 is 1.96 bits per heavy atom. The number of furan rings is 1. The summed E-state index contributed by atoms with van der Waals surface area (Å²) in [6.07, 6.45) is 0.869. The van der Waals surface area contributed by atoms with Gasteiger partial charge in [-0.3, -0.25) is 0 Å². The van der Waals surface area contributed by atoms with Crippen molar-refractivity contribution in [2.75, 3.05) is 0 Å². The van der Waals surface area contributed by atoms with Crippen molar-refractivity contribution >= 4 is 13.3 Å². The minimum atomic E-state index is -1.48. The van der Waals surface area contributed by atoms with Crippen molar-refractivity contribution in [3.8, 4) is 11.3 Å². The molecule has 0 aliphatic rings. The fourth-order valence-corrected chi connectivity index (χ4v) is 5.54. The summed E-state index contributed by atoms with van der Waals surface area (Å²) >= 11 is 0. The molecule has 0 spiro atoms. The fraction of sp³-hybridized carbons (Fsp3) is 0.238. The third-order valence-corrected chi connectivity index (χ3v) is 6.37. The van der Waals surface area contributed by atoms with Gasteiger partial charge in [-0.15, -0.1) is 0 Å². The highest BCUT2D eigenvalue weighted by Gasteiger charge is 2.28. The molecule has 118 valence electrons. The lowest BCUT2D eigenvalue weighted by Crippen LogP contribution is -2.40. The van der Waals surface area contributed by atoms with Gasteiger partial charge in [-0.2, -0.15) is 0 Å². The quantitative estimate of drug-likeness (QED) is 0.587. The molecule has 2 heteroatoms. The first-order chi connectivity index (χ1) is 11.0. The Balaban J connectivity index is 2.11. The van der Waals surface area contributed by atoms with Crippen LogP contribution in [-0.4, -0.2) is 8.07 Å². The van der Waals surface area contributed by atoms with Gasteiger partial charge in [0, 0.05) is 12.0 Å². The SMILES string of the molecule is Cc1c(-c2ccccc2)oc(Cc2ccccc2)c1[Si](C)(C)C. The highest BCUT2D eigenvalue weighted by molar-refractivity contribution is 6.89. The molecule has 0 radical (unpaired) electrons. The summed E-state index contributed by atoms with van der Waals surface area (Å²) in [4.78, 5) is 0. The van der Waals surface area contributed by atoms with Crippen LogP contribution in [0.2, 0.25) is 19.6 Å². The summed E-state index contributed by atoms with van der Waals surface area (Å²) in [5.74, 6) is 2.18. The monoisotopic (exact) mass is 320 g/mol. The normalized spacial score (nSPS) is 11.7. The van der Waals surface area contributed by atoms with Crippen LogP contribution in [0.15, 0.2) is 65.1 Å². The second-order valence-corrected chi connectivity index (χ2v) is 12.1. The Hall–Kier alpha value is -2.06. The molecule has 2 aromatic carbocycles. The average Bonchev–Trinajstić information content (AvgIpc) is 2.85. The topological polar surface area (TPSA) is 13.1 Å².